The molecule has 2 aliphatic rings. The SMILES string of the molecule is COc1ccc(C(=O)Oc2c(I)cc(/C=C3\SC(=O)N(CC(=O)N4CCCCC4)C3=O)cc2OC)cc1. The van der Waals surface area contributed by atoms with E-state index in [-0.39, 0.29) is 23.1 Å². The summed E-state index contributed by atoms with van der Waals surface area (Å²) in [5, 5.41) is -0.478. The molecule has 194 valence electrons. The molecule has 0 atom stereocenters. The van der Waals surface area contributed by atoms with E-state index in [4.69, 9.17) is 14.2 Å². The van der Waals surface area contributed by atoms with Gasteiger partial charge in [-0.25, -0.2) is 4.79 Å². The summed E-state index contributed by atoms with van der Waals surface area (Å²) < 4.78 is 16.7. The first-order chi connectivity index (χ1) is 17.8. The molecule has 0 aromatic heterocycles. The van der Waals surface area contributed by atoms with Gasteiger partial charge in [0.1, 0.15) is 12.3 Å². The Bertz CT molecular complexity index is 1260. The largest absolute Gasteiger partial charge is 0.497 e. The predicted molar refractivity (Wildman–Crippen MR) is 147 cm³/mol. The van der Waals surface area contributed by atoms with Gasteiger partial charge in [-0.2, -0.15) is 0 Å². The highest BCUT2D eigenvalue weighted by Crippen LogP contribution is 2.37. The maximum Gasteiger partial charge on any atom is 0.343 e. The number of nitrogens with zero attached hydrogens (tertiary/aromatic N) is 2. The Morgan fingerprint density at radius 2 is 1.73 bits per heavy atom. The highest BCUT2D eigenvalue weighted by atomic mass is 127. The summed E-state index contributed by atoms with van der Waals surface area (Å²) in [5.41, 5.74) is 0.925. The molecule has 0 saturated carbocycles. The van der Waals surface area contributed by atoms with Crippen LogP contribution < -0.4 is 14.2 Å². The van der Waals surface area contributed by atoms with Crippen molar-refractivity contribution in [2.24, 2.45) is 0 Å². The highest BCUT2D eigenvalue weighted by Gasteiger charge is 2.37. The number of carbonyl (C=O) groups is 4. The second kappa shape index (κ2) is 12.0. The lowest BCUT2D eigenvalue weighted by Gasteiger charge is -2.27. The minimum atomic E-state index is -0.564. The zero-order valence-corrected chi connectivity index (χ0v) is 23.3. The van der Waals surface area contributed by atoms with Crippen LogP contribution in [0.1, 0.15) is 35.2 Å². The Hall–Kier alpha value is -3.06. The summed E-state index contributed by atoms with van der Waals surface area (Å²) in [6, 6.07) is 9.85. The van der Waals surface area contributed by atoms with Crippen molar-refractivity contribution in [3.63, 3.8) is 0 Å². The highest BCUT2D eigenvalue weighted by molar-refractivity contribution is 14.1. The van der Waals surface area contributed by atoms with Gasteiger partial charge in [0.2, 0.25) is 5.91 Å². The normalized spacial score (nSPS) is 16.8. The van der Waals surface area contributed by atoms with Gasteiger partial charge in [-0.15, -0.1) is 0 Å². The second-order valence-corrected chi connectivity index (χ2v) is 10.5. The van der Waals surface area contributed by atoms with E-state index in [9.17, 15) is 19.2 Å². The monoisotopic (exact) mass is 636 g/mol. The molecule has 2 fully saturated rings. The number of piperidine rings is 1. The molecule has 11 heteroatoms. The molecule has 2 aromatic rings. The summed E-state index contributed by atoms with van der Waals surface area (Å²) in [6.07, 6.45) is 4.50. The van der Waals surface area contributed by atoms with Crippen LogP contribution in [0.2, 0.25) is 0 Å². The number of ether oxygens (including phenoxy) is 3. The molecule has 3 amide bonds. The summed E-state index contributed by atoms with van der Waals surface area (Å²) in [4.78, 5) is 53.6. The van der Waals surface area contributed by atoms with Crippen LogP contribution in [0, 0.1) is 3.57 Å². The average molecular weight is 636 g/mol. The number of hydrogen-bond acceptors (Lipinski definition) is 8. The van der Waals surface area contributed by atoms with Gasteiger partial charge in [-0.3, -0.25) is 19.3 Å². The van der Waals surface area contributed by atoms with Crippen molar-refractivity contribution >= 4 is 63.5 Å². The number of halogens is 1. The van der Waals surface area contributed by atoms with E-state index in [2.05, 4.69) is 0 Å². The van der Waals surface area contributed by atoms with Crippen molar-refractivity contribution in [3.05, 3.63) is 56.0 Å². The zero-order valence-electron chi connectivity index (χ0n) is 20.3. The van der Waals surface area contributed by atoms with Gasteiger partial charge in [-0.05, 0) is 102 Å². The molecule has 0 radical (unpaired) electrons. The molecule has 2 heterocycles. The molecule has 2 aromatic carbocycles. The zero-order chi connectivity index (χ0) is 26.5. The fourth-order valence-electron chi connectivity index (χ4n) is 3.97. The van der Waals surface area contributed by atoms with Crippen LogP contribution >= 0.6 is 34.4 Å². The van der Waals surface area contributed by atoms with E-state index >= 15 is 0 Å². The molecular formula is C26H25IN2O7S. The predicted octanol–water partition coefficient (Wildman–Crippen LogP) is 4.58. The third-order valence-corrected chi connectivity index (χ3v) is 7.65. The number of imide groups is 1. The van der Waals surface area contributed by atoms with Gasteiger partial charge < -0.3 is 19.1 Å². The molecule has 0 unspecified atom stereocenters. The Labute approximate surface area is 232 Å². The number of esters is 1. The van der Waals surface area contributed by atoms with E-state index in [1.807, 2.05) is 22.6 Å². The third kappa shape index (κ3) is 6.27. The van der Waals surface area contributed by atoms with Crippen LogP contribution in [0.15, 0.2) is 41.3 Å². The number of amides is 3. The van der Waals surface area contributed by atoms with Crippen LogP contribution in [-0.2, 0) is 9.59 Å². The number of benzene rings is 2. The molecule has 9 nitrogen and oxygen atoms in total. The number of methoxy groups -OCH3 is 2. The third-order valence-electron chi connectivity index (χ3n) is 5.95. The maximum absolute atomic E-state index is 12.9. The standard InChI is InChI=1S/C26H25IN2O7S/c1-34-18-8-6-17(7-9-18)25(32)36-23-19(27)12-16(13-20(23)35-2)14-21-24(31)29(26(33)37-21)15-22(30)28-10-4-3-5-11-28/h6-9,12-14H,3-5,10-11,15H2,1-2H3/b21-14-. The van der Waals surface area contributed by atoms with Crippen molar-refractivity contribution in [3.8, 4) is 17.2 Å². The number of hydrogen-bond donors (Lipinski definition) is 0. The maximum atomic E-state index is 12.9. The van der Waals surface area contributed by atoms with E-state index in [1.165, 1.54) is 14.2 Å². The van der Waals surface area contributed by atoms with Crippen molar-refractivity contribution in [1.82, 2.24) is 9.80 Å². The molecule has 0 bridgehead atoms. The van der Waals surface area contributed by atoms with Crippen LogP contribution in [-0.4, -0.2) is 66.7 Å². The summed E-state index contributed by atoms with van der Waals surface area (Å²) in [5.74, 6) is -0.146. The molecule has 0 spiro atoms. The van der Waals surface area contributed by atoms with E-state index in [1.54, 1.807) is 47.4 Å². The molecular weight excluding hydrogens is 611 g/mol. The molecule has 0 N–H and O–H groups in total. The molecule has 0 aliphatic carbocycles. The first-order valence-electron chi connectivity index (χ1n) is 11.6. The van der Waals surface area contributed by atoms with Gasteiger partial charge in [0.25, 0.3) is 11.1 Å². The topological polar surface area (TPSA) is 102 Å². The lowest BCUT2D eigenvalue weighted by molar-refractivity contribution is -0.136. The molecule has 4 rings (SSSR count). The lowest BCUT2D eigenvalue weighted by atomic mass is 10.1. The number of rotatable bonds is 7. The Kier molecular flexibility index (Phi) is 8.75. The Morgan fingerprint density at radius 1 is 1.03 bits per heavy atom. The fourth-order valence-corrected chi connectivity index (χ4v) is 5.54. The van der Waals surface area contributed by atoms with Crippen molar-refractivity contribution in [1.29, 1.82) is 0 Å². The smallest absolute Gasteiger partial charge is 0.343 e. The van der Waals surface area contributed by atoms with Crippen molar-refractivity contribution in [2.45, 2.75) is 19.3 Å². The first-order valence-corrected chi connectivity index (χ1v) is 13.5. The van der Waals surface area contributed by atoms with Gasteiger partial charge in [-0.1, -0.05) is 0 Å². The van der Waals surface area contributed by atoms with Crippen molar-refractivity contribution < 1.29 is 33.4 Å². The Balaban J connectivity index is 1.50. The lowest BCUT2D eigenvalue weighted by Crippen LogP contribution is -2.44. The van der Waals surface area contributed by atoms with Gasteiger partial charge in [0.05, 0.1) is 28.3 Å². The van der Waals surface area contributed by atoms with E-state index in [0.717, 1.165) is 35.9 Å². The van der Waals surface area contributed by atoms with Crippen LogP contribution in [0.3, 0.4) is 0 Å². The van der Waals surface area contributed by atoms with Gasteiger partial charge in [0.15, 0.2) is 11.5 Å². The molecule has 2 saturated heterocycles. The first kappa shape index (κ1) is 27.0. The number of carbonyl (C=O) groups excluding carboxylic acids is 4. The summed E-state index contributed by atoms with van der Waals surface area (Å²) >= 11 is 2.80. The minimum absolute atomic E-state index is 0.206. The average Bonchev–Trinajstić information content (AvgIpc) is 3.17. The van der Waals surface area contributed by atoms with Crippen LogP contribution in [0.4, 0.5) is 4.79 Å². The molecule has 2 aliphatic heterocycles. The number of likely N-dealkylation sites (tertiary alicyclic amines) is 1. The second-order valence-electron chi connectivity index (χ2n) is 8.36. The summed E-state index contributed by atoms with van der Waals surface area (Å²) in [7, 11) is 2.98. The summed E-state index contributed by atoms with van der Waals surface area (Å²) in [6.45, 7) is 1.04. The van der Waals surface area contributed by atoms with Crippen LogP contribution in [0.5, 0.6) is 17.2 Å². The quantitative estimate of drug-likeness (QED) is 0.189. The number of thioether (sulfide) groups is 1. The van der Waals surface area contributed by atoms with E-state index in [0.29, 0.717) is 39.3 Å². The van der Waals surface area contributed by atoms with E-state index < -0.39 is 17.1 Å². The van der Waals surface area contributed by atoms with Crippen molar-refractivity contribution in [2.75, 3.05) is 33.9 Å². The Morgan fingerprint density at radius 3 is 2.38 bits per heavy atom. The van der Waals surface area contributed by atoms with Crippen LogP contribution in [0.25, 0.3) is 6.08 Å². The van der Waals surface area contributed by atoms with Gasteiger partial charge in [0, 0.05) is 13.1 Å². The molecule has 37 heavy (non-hydrogen) atoms. The fraction of sp³-hybridized carbons (Fsp3) is 0.308. The van der Waals surface area contributed by atoms with Gasteiger partial charge >= 0.3 is 5.97 Å². The minimum Gasteiger partial charge on any atom is -0.497 e.